The Morgan fingerprint density at radius 2 is 2.25 bits per heavy atom. The molecule has 0 bridgehead atoms. The maximum atomic E-state index is 10.3. The summed E-state index contributed by atoms with van der Waals surface area (Å²) in [5.74, 6) is -0.117. The van der Waals surface area contributed by atoms with Crippen molar-refractivity contribution in [3.63, 3.8) is 0 Å². The number of ketones is 1. The number of carbonyl (C=O) groups excluding carboxylic acids is 2. The second kappa shape index (κ2) is 3.10. The summed E-state index contributed by atoms with van der Waals surface area (Å²) in [4.78, 5) is 22.9. The quantitative estimate of drug-likeness (QED) is 0.382. The minimum atomic E-state index is -0.521. The first-order valence-corrected chi connectivity index (χ1v) is 2.26. The van der Waals surface area contributed by atoms with Gasteiger partial charge in [0.2, 0.25) is 6.08 Å². The van der Waals surface area contributed by atoms with Crippen molar-refractivity contribution in [2.45, 2.75) is 19.9 Å². The molecule has 0 N–H and O–H groups in total. The molecule has 44 valence electrons. The van der Waals surface area contributed by atoms with E-state index in [2.05, 4.69) is 4.99 Å². The number of isocyanates is 1. The third-order valence-corrected chi connectivity index (χ3v) is 0.835. The molecule has 0 rings (SSSR count). The molecule has 0 aliphatic heterocycles. The van der Waals surface area contributed by atoms with Gasteiger partial charge in [-0.25, -0.2) is 4.79 Å². The van der Waals surface area contributed by atoms with Crippen molar-refractivity contribution >= 4 is 11.9 Å². The van der Waals surface area contributed by atoms with E-state index in [1.807, 2.05) is 0 Å². The highest BCUT2D eigenvalue weighted by Crippen LogP contribution is 1.86. The lowest BCUT2D eigenvalue weighted by molar-refractivity contribution is -0.117. The first kappa shape index (κ1) is 7.05. The van der Waals surface area contributed by atoms with E-state index in [9.17, 15) is 9.59 Å². The first-order chi connectivity index (χ1) is 3.68. The fourth-order valence-electron chi connectivity index (χ4n) is 0.170. The number of Topliss-reactive ketones (excluding diaryl/α,β-unsaturated/α-hetero) is 1. The van der Waals surface area contributed by atoms with Gasteiger partial charge in [0.05, 0.1) is 0 Å². The summed E-state index contributed by atoms with van der Waals surface area (Å²) in [7, 11) is 0. The van der Waals surface area contributed by atoms with Crippen molar-refractivity contribution in [1.29, 1.82) is 0 Å². The maximum absolute atomic E-state index is 10.3. The molecule has 8 heavy (non-hydrogen) atoms. The topological polar surface area (TPSA) is 46.5 Å². The van der Waals surface area contributed by atoms with Crippen LogP contribution in [0.25, 0.3) is 0 Å². The van der Waals surface area contributed by atoms with Gasteiger partial charge in [0.25, 0.3) is 0 Å². The minimum Gasteiger partial charge on any atom is -0.298 e. The van der Waals surface area contributed by atoms with E-state index in [0.29, 0.717) is 0 Å². The van der Waals surface area contributed by atoms with Crippen LogP contribution in [0.5, 0.6) is 0 Å². The van der Waals surface area contributed by atoms with Crippen LogP contribution >= 0.6 is 0 Å². The molecule has 0 aromatic carbocycles. The van der Waals surface area contributed by atoms with Crippen LogP contribution in [0.1, 0.15) is 13.8 Å². The smallest absolute Gasteiger partial charge is 0.235 e. The predicted molar refractivity (Wildman–Crippen MR) is 28.3 cm³/mol. The van der Waals surface area contributed by atoms with Crippen LogP contribution in [0.2, 0.25) is 0 Å². The normalized spacial score (nSPS) is 11.8. The Bertz CT molecular complexity index is 133. The summed E-state index contributed by atoms with van der Waals surface area (Å²) in [6, 6.07) is -0.521. The molecule has 0 aromatic heterocycles. The van der Waals surface area contributed by atoms with Crippen LogP contribution < -0.4 is 0 Å². The van der Waals surface area contributed by atoms with Crippen LogP contribution in [0.15, 0.2) is 4.99 Å². The lowest BCUT2D eigenvalue weighted by Crippen LogP contribution is -2.08. The molecule has 3 nitrogen and oxygen atoms in total. The van der Waals surface area contributed by atoms with Gasteiger partial charge in [-0.05, 0) is 13.8 Å². The third-order valence-electron chi connectivity index (χ3n) is 0.835. The standard InChI is InChI=1S/C5H7NO2/c1-4(5(2)8)6-3-7/h4H,1-2H3. The fraction of sp³-hybridized carbons (Fsp3) is 0.600. The van der Waals surface area contributed by atoms with Gasteiger partial charge in [-0.3, -0.25) is 4.79 Å². The van der Waals surface area contributed by atoms with E-state index in [1.165, 1.54) is 13.0 Å². The molecule has 0 aromatic rings. The van der Waals surface area contributed by atoms with E-state index in [-0.39, 0.29) is 5.78 Å². The molecule has 1 unspecified atom stereocenters. The van der Waals surface area contributed by atoms with Crippen molar-refractivity contribution in [2.24, 2.45) is 4.99 Å². The zero-order valence-electron chi connectivity index (χ0n) is 4.84. The van der Waals surface area contributed by atoms with E-state index < -0.39 is 6.04 Å². The van der Waals surface area contributed by atoms with E-state index in [0.717, 1.165) is 0 Å². The number of rotatable bonds is 2. The Morgan fingerprint density at radius 3 is 2.38 bits per heavy atom. The Hall–Kier alpha value is -0.950. The van der Waals surface area contributed by atoms with Crippen molar-refractivity contribution in [2.75, 3.05) is 0 Å². The molecule has 0 saturated carbocycles. The highest BCUT2D eigenvalue weighted by atomic mass is 16.1. The summed E-state index contributed by atoms with van der Waals surface area (Å²) in [6.07, 6.45) is 1.30. The number of aliphatic imine (C=N–C) groups is 1. The molecule has 0 aliphatic rings. The summed E-state index contributed by atoms with van der Waals surface area (Å²) in [5, 5.41) is 0. The van der Waals surface area contributed by atoms with Gasteiger partial charge in [-0.1, -0.05) is 0 Å². The van der Waals surface area contributed by atoms with Crippen molar-refractivity contribution in [3.05, 3.63) is 0 Å². The van der Waals surface area contributed by atoms with Gasteiger partial charge >= 0.3 is 0 Å². The Balaban J connectivity index is 3.82. The van der Waals surface area contributed by atoms with Crippen molar-refractivity contribution < 1.29 is 9.59 Å². The average molecular weight is 113 g/mol. The largest absolute Gasteiger partial charge is 0.298 e. The molecule has 0 saturated heterocycles. The Kier molecular flexibility index (Phi) is 2.74. The van der Waals surface area contributed by atoms with E-state index in [4.69, 9.17) is 0 Å². The van der Waals surface area contributed by atoms with Gasteiger partial charge in [0.15, 0.2) is 5.78 Å². The number of hydrogen-bond donors (Lipinski definition) is 0. The summed E-state index contributed by atoms with van der Waals surface area (Å²) in [5.41, 5.74) is 0. The van der Waals surface area contributed by atoms with Gasteiger partial charge in [0, 0.05) is 0 Å². The molecule has 0 fully saturated rings. The number of carbonyl (C=O) groups is 1. The zero-order chi connectivity index (χ0) is 6.57. The second-order valence-electron chi connectivity index (χ2n) is 1.51. The molecular weight excluding hydrogens is 106 g/mol. The van der Waals surface area contributed by atoms with E-state index >= 15 is 0 Å². The van der Waals surface area contributed by atoms with Crippen molar-refractivity contribution in [1.82, 2.24) is 0 Å². The molecule has 3 heteroatoms. The zero-order valence-corrected chi connectivity index (χ0v) is 4.84. The van der Waals surface area contributed by atoms with Crippen LogP contribution in [0.4, 0.5) is 0 Å². The maximum Gasteiger partial charge on any atom is 0.235 e. The lowest BCUT2D eigenvalue weighted by Gasteiger charge is -1.91. The summed E-state index contributed by atoms with van der Waals surface area (Å²) >= 11 is 0. The highest BCUT2D eigenvalue weighted by Gasteiger charge is 2.01. The summed E-state index contributed by atoms with van der Waals surface area (Å²) < 4.78 is 0. The van der Waals surface area contributed by atoms with Gasteiger partial charge < -0.3 is 0 Å². The molecule has 1 atom stereocenters. The third kappa shape index (κ3) is 2.26. The Morgan fingerprint density at radius 1 is 1.75 bits per heavy atom. The van der Waals surface area contributed by atoms with Crippen LogP contribution in [-0.4, -0.2) is 17.9 Å². The average Bonchev–Trinajstić information content (AvgIpc) is 1.67. The van der Waals surface area contributed by atoms with Crippen LogP contribution in [0.3, 0.4) is 0 Å². The molecule has 0 aliphatic carbocycles. The molecule has 0 heterocycles. The lowest BCUT2D eigenvalue weighted by atomic mass is 10.3. The number of hydrogen-bond acceptors (Lipinski definition) is 3. The highest BCUT2D eigenvalue weighted by molar-refractivity contribution is 5.81. The van der Waals surface area contributed by atoms with Crippen LogP contribution in [-0.2, 0) is 9.59 Å². The molecule has 0 spiro atoms. The fourth-order valence-corrected chi connectivity index (χ4v) is 0.170. The summed E-state index contributed by atoms with van der Waals surface area (Å²) in [6.45, 7) is 2.93. The Labute approximate surface area is 47.4 Å². The van der Waals surface area contributed by atoms with Gasteiger partial charge in [-0.2, -0.15) is 4.99 Å². The van der Waals surface area contributed by atoms with Gasteiger partial charge in [0.1, 0.15) is 6.04 Å². The van der Waals surface area contributed by atoms with Gasteiger partial charge in [-0.15, -0.1) is 0 Å². The predicted octanol–water partition coefficient (Wildman–Crippen LogP) is 0.300. The van der Waals surface area contributed by atoms with E-state index in [1.54, 1.807) is 6.92 Å². The minimum absolute atomic E-state index is 0.117. The molecule has 0 amide bonds. The number of nitrogens with zero attached hydrogens (tertiary/aromatic N) is 1. The molecule has 0 radical (unpaired) electrons. The SMILES string of the molecule is CC(=O)C(C)N=C=O. The molecular formula is C5H7NO2. The first-order valence-electron chi connectivity index (χ1n) is 2.26. The monoisotopic (exact) mass is 113 g/mol. The second-order valence-corrected chi connectivity index (χ2v) is 1.51. The van der Waals surface area contributed by atoms with Crippen molar-refractivity contribution in [3.8, 4) is 0 Å². The van der Waals surface area contributed by atoms with Crippen LogP contribution in [0, 0.1) is 0 Å².